The quantitative estimate of drug-likeness (QED) is 0.386. The number of nitrogens with one attached hydrogen (secondary N) is 1. The second kappa shape index (κ2) is 4.17. The van der Waals surface area contributed by atoms with Gasteiger partial charge in [-0.3, -0.25) is 0 Å². The molecule has 3 rings (SSSR count). The number of halogens is 3. The monoisotopic (exact) mass is 304 g/mol. The lowest BCUT2D eigenvalue weighted by Gasteiger charge is -2.19. The molecule has 0 aliphatic carbocycles. The molecule has 0 spiro atoms. The average molecular weight is 306 g/mol. The van der Waals surface area contributed by atoms with E-state index in [2.05, 4.69) is 20.3 Å². The lowest BCUT2D eigenvalue weighted by atomic mass is 10.4. The third kappa shape index (κ3) is 2.04. The number of rotatable bonds is 0. The van der Waals surface area contributed by atoms with Crippen molar-refractivity contribution >= 4 is 58.1 Å². The fourth-order valence-corrected chi connectivity index (χ4v) is 2.97. The Bertz CT molecular complexity index is 619. The zero-order valence-corrected chi connectivity index (χ0v) is 11.1. The van der Waals surface area contributed by atoms with Gasteiger partial charge in [0.1, 0.15) is 15.3 Å². The Balaban J connectivity index is 2.14. The number of pyridine rings is 1. The highest BCUT2D eigenvalue weighted by Crippen LogP contribution is 2.45. The Morgan fingerprint density at radius 1 is 1.06 bits per heavy atom. The highest BCUT2D eigenvalue weighted by Gasteiger charge is 2.22. The van der Waals surface area contributed by atoms with Gasteiger partial charge in [0.2, 0.25) is 5.28 Å². The largest absolute Gasteiger partial charge is 0.337 e. The number of anilines is 2. The molecule has 3 heterocycles. The zero-order valence-electron chi connectivity index (χ0n) is 8.04. The molecule has 0 saturated heterocycles. The molecule has 0 amide bonds. The molecule has 0 unspecified atom stereocenters. The maximum Gasteiger partial charge on any atom is 0.225 e. The van der Waals surface area contributed by atoms with Crippen LogP contribution in [0.5, 0.6) is 0 Å². The van der Waals surface area contributed by atoms with E-state index < -0.39 is 0 Å². The zero-order chi connectivity index (χ0) is 12.0. The molecule has 0 radical (unpaired) electrons. The van der Waals surface area contributed by atoms with Crippen LogP contribution in [0.15, 0.2) is 22.1 Å². The van der Waals surface area contributed by atoms with Gasteiger partial charge in [-0.2, -0.15) is 4.98 Å². The van der Waals surface area contributed by atoms with Crippen molar-refractivity contribution in [3.8, 4) is 0 Å². The third-order valence-electron chi connectivity index (χ3n) is 2.08. The van der Waals surface area contributed by atoms with Crippen molar-refractivity contribution in [1.82, 2.24) is 15.0 Å². The van der Waals surface area contributed by atoms with Crippen LogP contribution in [0, 0.1) is 0 Å². The molecule has 0 atom stereocenters. The normalized spacial score (nSPS) is 12.6. The lowest BCUT2D eigenvalue weighted by molar-refractivity contribution is 1.05. The van der Waals surface area contributed by atoms with E-state index in [0.717, 1.165) is 10.7 Å². The lowest BCUT2D eigenvalue weighted by Crippen LogP contribution is -2.05. The van der Waals surface area contributed by atoms with Crippen LogP contribution in [0.4, 0.5) is 11.5 Å². The van der Waals surface area contributed by atoms with Gasteiger partial charge in [0, 0.05) is 0 Å². The minimum atomic E-state index is 0.104. The molecule has 0 bridgehead atoms. The Morgan fingerprint density at radius 2 is 1.88 bits per heavy atom. The summed E-state index contributed by atoms with van der Waals surface area (Å²) < 4.78 is 0. The summed E-state index contributed by atoms with van der Waals surface area (Å²) in [4.78, 5) is 12.8. The molecule has 86 valence electrons. The summed E-state index contributed by atoms with van der Waals surface area (Å²) in [6, 6.07) is 3.52. The van der Waals surface area contributed by atoms with Gasteiger partial charge in [0.05, 0.1) is 10.6 Å². The van der Waals surface area contributed by atoms with Gasteiger partial charge in [-0.1, -0.05) is 35.0 Å². The van der Waals surface area contributed by atoms with E-state index in [9.17, 15) is 0 Å². The average Bonchev–Trinajstić information content (AvgIpc) is 2.27. The van der Waals surface area contributed by atoms with Crippen molar-refractivity contribution in [2.24, 2.45) is 0 Å². The van der Waals surface area contributed by atoms with Crippen molar-refractivity contribution in [3.05, 3.63) is 27.7 Å². The van der Waals surface area contributed by atoms with E-state index in [4.69, 9.17) is 34.8 Å². The van der Waals surface area contributed by atoms with E-state index in [1.807, 2.05) is 6.07 Å². The Labute approximate surface area is 116 Å². The van der Waals surface area contributed by atoms with Crippen LogP contribution < -0.4 is 5.32 Å². The molecule has 2 aromatic rings. The molecule has 1 N–H and O–H groups in total. The topological polar surface area (TPSA) is 50.7 Å². The predicted molar refractivity (Wildman–Crippen MR) is 68.7 cm³/mol. The van der Waals surface area contributed by atoms with Gasteiger partial charge in [-0.25, -0.2) is 9.97 Å². The molecule has 8 heteroatoms. The van der Waals surface area contributed by atoms with Crippen LogP contribution in [-0.4, -0.2) is 15.0 Å². The van der Waals surface area contributed by atoms with Crippen LogP contribution in [0.2, 0.25) is 15.6 Å². The molecule has 0 fully saturated rings. The van der Waals surface area contributed by atoms with Crippen molar-refractivity contribution in [2.75, 3.05) is 5.32 Å². The molecule has 4 nitrogen and oxygen atoms in total. The third-order valence-corrected chi connectivity index (χ3v) is 3.94. The highest BCUT2D eigenvalue weighted by atomic mass is 35.5. The van der Waals surface area contributed by atoms with Gasteiger partial charge in [-0.05, 0) is 23.7 Å². The van der Waals surface area contributed by atoms with Crippen LogP contribution in [0.25, 0.3) is 0 Å². The number of nitrogens with zero attached hydrogens (tertiary/aromatic N) is 3. The molecular formula is C9H3Cl3N4S. The minimum Gasteiger partial charge on any atom is -0.337 e. The predicted octanol–water partition coefficient (Wildman–Crippen LogP) is 4.04. The van der Waals surface area contributed by atoms with Gasteiger partial charge < -0.3 is 5.32 Å². The SMILES string of the molecule is Clc1ccc2c(n1)Sc1c(Cl)nc(Cl)nc1N2. The fraction of sp³-hybridized carbons (Fsp3) is 0. The fourth-order valence-electron chi connectivity index (χ4n) is 1.39. The molecule has 2 aromatic heterocycles. The number of hydrogen-bond acceptors (Lipinski definition) is 5. The Kier molecular flexibility index (Phi) is 2.78. The first-order valence-corrected chi connectivity index (χ1v) is 6.43. The standard InChI is InChI=1S/C9H3Cl3N4S/c10-4-2-1-3-8(14-4)17-5-6(11)15-9(12)16-7(5)13-3/h1-2H,(H,13,15,16). The molecule has 1 aliphatic rings. The first-order chi connectivity index (χ1) is 8.13. The van der Waals surface area contributed by atoms with Crippen molar-refractivity contribution in [1.29, 1.82) is 0 Å². The smallest absolute Gasteiger partial charge is 0.225 e. The van der Waals surface area contributed by atoms with Gasteiger partial charge >= 0.3 is 0 Å². The van der Waals surface area contributed by atoms with Crippen LogP contribution in [0.1, 0.15) is 0 Å². The Hall–Kier alpha value is -0.750. The summed E-state index contributed by atoms with van der Waals surface area (Å²) in [5, 5.41) is 4.65. The van der Waals surface area contributed by atoms with E-state index in [-0.39, 0.29) is 5.28 Å². The maximum absolute atomic E-state index is 6.00. The summed E-state index contributed by atoms with van der Waals surface area (Å²) in [7, 11) is 0. The molecule has 17 heavy (non-hydrogen) atoms. The number of fused-ring (bicyclic) bond motifs is 2. The van der Waals surface area contributed by atoms with Crippen molar-refractivity contribution in [3.63, 3.8) is 0 Å². The maximum atomic E-state index is 6.00. The summed E-state index contributed by atoms with van der Waals surface area (Å²) in [6.07, 6.45) is 0. The number of aromatic nitrogens is 3. The minimum absolute atomic E-state index is 0.104. The van der Waals surface area contributed by atoms with Crippen molar-refractivity contribution < 1.29 is 0 Å². The Morgan fingerprint density at radius 3 is 2.71 bits per heavy atom. The first-order valence-electron chi connectivity index (χ1n) is 4.48. The molecular weight excluding hydrogens is 303 g/mol. The second-order valence-corrected chi connectivity index (χ2v) is 5.26. The van der Waals surface area contributed by atoms with Crippen LogP contribution in [0.3, 0.4) is 0 Å². The molecule has 0 aromatic carbocycles. The highest BCUT2D eigenvalue weighted by molar-refractivity contribution is 7.99. The number of hydrogen-bond donors (Lipinski definition) is 1. The van der Waals surface area contributed by atoms with Gasteiger partial charge in [0.25, 0.3) is 0 Å². The van der Waals surface area contributed by atoms with E-state index in [1.54, 1.807) is 6.07 Å². The summed E-state index contributed by atoms with van der Waals surface area (Å²) in [5.74, 6) is 0.580. The summed E-state index contributed by atoms with van der Waals surface area (Å²) in [5.41, 5.74) is 0.817. The van der Waals surface area contributed by atoms with Crippen LogP contribution >= 0.6 is 46.6 Å². The van der Waals surface area contributed by atoms with Gasteiger partial charge in [-0.15, -0.1) is 0 Å². The van der Waals surface area contributed by atoms with Crippen LogP contribution in [-0.2, 0) is 0 Å². The van der Waals surface area contributed by atoms with Gasteiger partial charge in [0.15, 0.2) is 5.82 Å². The van der Waals surface area contributed by atoms with Crippen molar-refractivity contribution in [2.45, 2.75) is 9.92 Å². The first kappa shape index (κ1) is 11.3. The molecule has 1 aliphatic heterocycles. The van der Waals surface area contributed by atoms with E-state index in [0.29, 0.717) is 21.0 Å². The van der Waals surface area contributed by atoms with E-state index in [1.165, 1.54) is 11.8 Å². The summed E-state index contributed by atoms with van der Waals surface area (Å²) >= 11 is 18.9. The summed E-state index contributed by atoms with van der Waals surface area (Å²) in [6.45, 7) is 0. The van der Waals surface area contributed by atoms with E-state index >= 15 is 0 Å². The second-order valence-electron chi connectivity index (χ2n) is 3.17. The molecule has 0 saturated carbocycles.